The Morgan fingerprint density at radius 3 is 2.74 bits per heavy atom. The van der Waals surface area contributed by atoms with Gasteiger partial charge in [0, 0.05) is 17.8 Å². The van der Waals surface area contributed by atoms with E-state index in [1.807, 2.05) is 17.4 Å². The summed E-state index contributed by atoms with van der Waals surface area (Å²) in [7, 11) is 0. The van der Waals surface area contributed by atoms with Crippen LogP contribution >= 0.6 is 11.3 Å². The number of anilines is 1. The Balaban J connectivity index is 1.81. The number of thiophene rings is 1. The summed E-state index contributed by atoms with van der Waals surface area (Å²) in [6.45, 7) is 3.02. The summed E-state index contributed by atoms with van der Waals surface area (Å²) < 4.78 is 0. The van der Waals surface area contributed by atoms with Crippen molar-refractivity contribution in [2.75, 3.05) is 11.9 Å². The lowest BCUT2D eigenvalue weighted by Gasteiger charge is -2.12. The van der Waals surface area contributed by atoms with Gasteiger partial charge >= 0.3 is 0 Å². The van der Waals surface area contributed by atoms with E-state index in [2.05, 4.69) is 36.5 Å². The molecule has 0 bridgehead atoms. The monoisotopic (exact) mass is 323 g/mol. The zero-order valence-corrected chi connectivity index (χ0v) is 14.2. The fourth-order valence-corrected chi connectivity index (χ4v) is 4.63. The highest BCUT2D eigenvalue weighted by atomic mass is 32.1. The molecule has 1 N–H and O–H groups in total. The maximum Gasteiger partial charge on any atom is 0.138 e. The zero-order valence-electron chi connectivity index (χ0n) is 13.4. The van der Waals surface area contributed by atoms with Crippen LogP contribution in [0.15, 0.2) is 30.3 Å². The molecule has 1 aliphatic rings. The summed E-state index contributed by atoms with van der Waals surface area (Å²) in [5.74, 6) is 1.95. The number of aromatic nitrogens is 2. The van der Waals surface area contributed by atoms with Gasteiger partial charge in [-0.1, -0.05) is 30.3 Å². The number of nitrogens with zero attached hydrogens (tertiary/aromatic N) is 2. The summed E-state index contributed by atoms with van der Waals surface area (Å²) in [6, 6.07) is 10.5. The topological polar surface area (TPSA) is 37.8 Å². The minimum absolute atomic E-state index is 0.789. The average molecular weight is 323 g/mol. The standard InChI is InChI=1S/C19H21N3S/c1-2-20-18-17-14-10-6-7-11-15(14)23-19(17)22-16(21-18)12-13-8-4-3-5-9-13/h3-5,8-9H,2,6-7,10-12H2,1H3,(H,20,21,22). The fraction of sp³-hybridized carbons (Fsp3) is 0.368. The van der Waals surface area contributed by atoms with Crippen LogP contribution in [-0.4, -0.2) is 16.5 Å². The van der Waals surface area contributed by atoms with Crippen LogP contribution in [0.1, 0.15) is 41.6 Å². The van der Waals surface area contributed by atoms with Gasteiger partial charge in [0.05, 0.1) is 5.39 Å². The molecule has 0 atom stereocenters. The van der Waals surface area contributed by atoms with Crippen LogP contribution in [0.5, 0.6) is 0 Å². The Kier molecular flexibility index (Phi) is 4.00. The van der Waals surface area contributed by atoms with Crippen molar-refractivity contribution in [3.05, 3.63) is 52.2 Å². The molecule has 2 heterocycles. The fourth-order valence-electron chi connectivity index (χ4n) is 3.35. The third-order valence-electron chi connectivity index (χ3n) is 4.41. The second kappa shape index (κ2) is 6.28. The Hall–Kier alpha value is -1.94. The molecule has 0 saturated heterocycles. The number of hydrogen-bond acceptors (Lipinski definition) is 4. The molecular formula is C19H21N3S. The number of fused-ring (bicyclic) bond motifs is 3. The predicted molar refractivity (Wildman–Crippen MR) is 97.5 cm³/mol. The van der Waals surface area contributed by atoms with Crippen molar-refractivity contribution in [2.24, 2.45) is 0 Å². The third-order valence-corrected chi connectivity index (χ3v) is 5.60. The molecule has 0 unspecified atom stereocenters. The second-order valence-corrected chi connectivity index (χ2v) is 7.16. The lowest BCUT2D eigenvalue weighted by molar-refractivity contribution is 0.700. The molecule has 0 saturated carbocycles. The highest BCUT2D eigenvalue weighted by molar-refractivity contribution is 7.19. The van der Waals surface area contributed by atoms with Gasteiger partial charge in [-0.15, -0.1) is 11.3 Å². The van der Waals surface area contributed by atoms with Gasteiger partial charge in [0.15, 0.2) is 0 Å². The summed E-state index contributed by atoms with van der Waals surface area (Å²) in [6.07, 6.45) is 5.76. The van der Waals surface area contributed by atoms with Gasteiger partial charge in [-0.05, 0) is 43.7 Å². The summed E-state index contributed by atoms with van der Waals surface area (Å²) in [4.78, 5) is 12.4. The predicted octanol–water partition coefficient (Wildman–Crippen LogP) is 4.59. The number of nitrogens with one attached hydrogen (secondary N) is 1. The third kappa shape index (κ3) is 2.83. The molecular weight excluding hydrogens is 302 g/mol. The van der Waals surface area contributed by atoms with Gasteiger partial charge in [-0.3, -0.25) is 0 Å². The molecule has 4 rings (SSSR count). The zero-order chi connectivity index (χ0) is 15.6. The van der Waals surface area contributed by atoms with E-state index in [1.54, 1.807) is 0 Å². The number of hydrogen-bond donors (Lipinski definition) is 1. The van der Waals surface area contributed by atoms with E-state index < -0.39 is 0 Å². The molecule has 3 aromatic rings. The number of rotatable bonds is 4. The van der Waals surface area contributed by atoms with E-state index in [4.69, 9.17) is 9.97 Å². The number of benzene rings is 1. The highest BCUT2D eigenvalue weighted by Gasteiger charge is 2.20. The van der Waals surface area contributed by atoms with E-state index in [0.29, 0.717) is 0 Å². The molecule has 4 heteroatoms. The summed E-state index contributed by atoms with van der Waals surface area (Å²) in [5.41, 5.74) is 2.76. The lowest BCUT2D eigenvalue weighted by atomic mass is 9.97. The molecule has 0 spiro atoms. The van der Waals surface area contributed by atoms with Gasteiger partial charge in [-0.25, -0.2) is 9.97 Å². The van der Waals surface area contributed by atoms with Crippen LogP contribution in [-0.2, 0) is 19.3 Å². The minimum Gasteiger partial charge on any atom is -0.370 e. The van der Waals surface area contributed by atoms with Crippen LogP contribution in [0.4, 0.5) is 5.82 Å². The van der Waals surface area contributed by atoms with E-state index in [0.717, 1.165) is 29.4 Å². The first-order valence-corrected chi connectivity index (χ1v) is 9.25. The van der Waals surface area contributed by atoms with Crippen LogP contribution in [0.25, 0.3) is 10.2 Å². The first kappa shape index (κ1) is 14.6. The van der Waals surface area contributed by atoms with Crippen molar-refractivity contribution in [2.45, 2.75) is 39.0 Å². The van der Waals surface area contributed by atoms with E-state index >= 15 is 0 Å². The van der Waals surface area contributed by atoms with Crippen LogP contribution in [0.3, 0.4) is 0 Å². The van der Waals surface area contributed by atoms with Gasteiger partial charge in [-0.2, -0.15) is 0 Å². The number of aryl methyl sites for hydroxylation is 2. The van der Waals surface area contributed by atoms with Crippen LogP contribution in [0, 0.1) is 0 Å². The average Bonchev–Trinajstić information content (AvgIpc) is 2.94. The van der Waals surface area contributed by atoms with Crippen LogP contribution in [0.2, 0.25) is 0 Å². The molecule has 1 aliphatic carbocycles. The molecule has 118 valence electrons. The van der Waals surface area contributed by atoms with Gasteiger partial charge in [0.25, 0.3) is 0 Å². The van der Waals surface area contributed by atoms with Crippen molar-refractivity contribution in [3.63, 3.8) is 0 Å². The van der Waals surface area contributed by atoms with Gasteiger partial charge < -0.3 is 5.32 Å². The maximum absolute atomic E-state index is 4.89. The largest absolute Gasteiger partial charge is 0.370 e. The molecule has 2 aromatic heterocycles. The molecule has 0 radical (unpaired) electrons. The van der Waals surface area contributed by atoms with Crippen molar-refractivity contribution in [1.29, 1.82) is 0 Å². The van der Waals surface area contributed by atoms with E-state index in [1.165, 1.54) is 47.1 Å². The summed E-state index contributed by atoms with van der Waals surface area (Å²) >= 11 is 1.87. The van der Waals surface area contributed by atoms with Crippen molar-refractivity contribution in [1.82, 2.24) is 9.97 Å². The summed E-state index contributed by atoms with van der Waals surface area (Å²) in [5, 5.41) is 4.75. The lowest BCUT2D eigenvalue weighted by Crippen LogP contribution is -2.06. The smallest absolute Gasteiger partial charge is 0.138 e. The maximum atomic E-state index is 4.89. The SMILES string of the molecule is CCNc1nc(Cc2ccccc2)nc2sc3c(c12)CCCC3. The normalized spacial score (nSPS) is 14.0. The van der Waals surface area contributed by atoms with E-state index in [9.17, 15) is 0 Å². The molecule has 0 fully saturated rings. The molecule has 1 aromatic carbocycles. The minimum atomic E-state index is 0.789. The quantitative estimate of drug-likeness (QED) is 0.763. The molecule has 3 nitrogen and oxygen atoms in total. The Bertz CT molecular complexity index is 823. The second-order valence-electron chi connectivity index (χ2n) is 6.07. The Labute approximate surface area is 140 Å². The van der Waals surface area contributed by atoms with Crippen molar-refractivity contribution < 1.29 is 0 Å². The van der Waals surface area contributed by atoms with E-state index in [-0.39, 0.29) is 0 Å². The molecule has 23 heavy (non-hydrogen) atoms. The molecule has 0 amide bonds. The van der Waals surface area contributed by atoms with Gasteiger partial charge in [0.2, 0.25) is 0 Å². The Morgan fingerprint density at radius 2 is 1.91 bits per heavy atom. The first-order chi connectivity index (χ1) is 11.3. The van der Waals surface area contributed by atoms with Crippen molar-refractivity contribution >= 4 is 27.4 Å². The molecule has 0 aliphatic heterocycles. The van der Waals surface area contributed by atoms with Crippen molar-refractivity contribution in [3.8, 4) is 0 Å². The van der Waals surface area contributed by atoms with Crippen LogP contribution < -0.4 is 5.32 Å². The first-order valence-electron chi connectivity index (χ1n) is 8.44. The van der Waals surface area contributed by atoms with Gasteiger partial charge in [0.1, 0.15) is 16.5 Å². The highest BCUT2D eigenvalue weighted by Crippen LogP contribution is 2.38. The Morgan fingerprint density at radius 1 is 1.09 bits per heavy atom.